The summed E-state index contributed by atoms with van der Waals surface area (Å²) in [6.45, 7) is 1.08. The highest BCUT2D eigenvalue weighted by molar-refractivity contribution is 7.89. The zero-order valence-corrected chi connectivity index (χ0v) is 12.0. The summed E-state index contributed by atoms with van der Waals surface area (Å²) >= 11 is 0. The number of pyridine rings is 1. The van der Waals surface area contributed by atoms with Crippen LogP contribution in [0.2, 0.25) is 0 Å². The van der Waals surface area contributed by atoms with Crippen LogP contribution in [0.4, 0.5) is 0 Å². The van der Waals surface area contributed by atoms with Crippen molar-refractivity contribution >= 4 is 10.0 Å². The van der Waals surface area contributed by atoms with E-state index in [9.17, 15) is 8.42 Å². The van der Waals surface area contributed by atoms with Crippen molar-refractivity contribution in [2.75, 3.05) is 27.2 Å². The Morgan fingerprint density at radius 2 is 2.05 bits per heavy atom. The van der Waals surface area contributed by atoms with Gasteiger partial charge in [0.15, 0.2) is 0 Å². The Kier molecular flexibility index (Phi) is 4.38. The summed E-state index contributed by atoms with van der Waals surface area (Å²) in [4.78, 5) is 4.17. The molecule has 6 nitrogen and oxygen atoms in total. The van der Waals surface area contributed by atoms with Crippen molar-refractivity contribution in [1.82, 2.24) is 14.6 Å². The maximum atomic E-state index is 12.4. The molecule has 1 fully saturated rings. The van der Waals surface area contributed by atoms with E-state index >= 15 is 0 Å². The van der Waals surface area contributed by atoms with E-state index in [1.165, 1.54) is 23.7 Å². The lowest BCUT2D eigenvalue weighted by Gasteiger charge is -2.30. The number of methoxy groups -OCH3 is 1. The minimum atomic E-state index is -3.43. The van der Waals surface area contributed by atoms with Crippen molar-refractivity contribution in [3.8, 4) is 5.88 Å². The molecule has 0 spiro atoms. The van der Waals surface area contributed by atoms with E-state index < -0.39 is 10.0 Å². The Morgan fingerprint density at radius 1 is 1.37 bits per heavy atom. The molecule has 1 aromatic rings. The average Bonchev–Trinajstić information content (AvgIpc) is 2.47. The lowest BCUT2D eigenvalue weighted by Crippen LogP contribution is -2.43. The predicted molar refractivity (Wildman–Crippen MR) is 71.6 cm³/mol. The lowest BCUT2D eigenvalue weighted by molar-refractivity contribution is 0.298. The maximum absolute atomic E-state index is 12.4. The molecule has 0 saturated carbocycles. The van der Waals surface area contributed by atoms with Crippen LogP contribution in [-0.4, -0.2) is 51.0 Å². The number of rotatable bonds is 4. The maximum Gasteiger partial charge on any atom is 0.244 e. The van der Waals surface area contributed by atoms with Crippen LogP contribution in [0.3, 0.4) is 0 Å². The van der Waals surface area contributed by atoms with Crippen LogP contribution in [0, 0.1) is 0 Å². The molecule has 1 aliphatic heterocycles. The number of nitrogens with one attached hydrogen (secondary N) is 1. The second-order valence-electron chi connectivity index (χ2n) is 4.50. The fourth-order valence-electron chi connectivity index (χ4n) is 2.17. The minimum Gasteiger partial charge on any atom is -0.481 e. The van der Waals surface area contributed by atoms with Crippen LogP contribution < -0.4 is 10.1 Å². The molecule has 106 valence electrons. The van der Waals surface area contributed by atoms with E-state index in [-0.39, 0.29) is 4.90 Å². The standard InChI is InChI=1S/C12H19N3O3S/c1-13-10-5-7-15(8-6-10)19(16,17)11-3-4-12(18-2)14-9-11/h3-4,9-10,13H,5-8H2,1-2H3. The number of hydrogen-bond acceptors (Lipinski definition) is 5. The molecule has 0 bridgehead atoms. The van der Waals surface area contributed by atoms with Gasteiger partial charge in [-0.3, -0.25) is 0 Å². The molecule has 0 amide bonds. The van der Waals surface area contributed by atoms with E-state index in [4.69, 9.17) is 4.74 Å². The number of hydrogen-bond donors (Lipinski definition) is 1. The Bertz CT molecular complexity index is 508. The molecule has 2 heterocycles. The van der Waals surface area contributed by atoms with Crippen molar-refractivity contribution in [2.45, 2.75) is 23.8 Å². The van der Waals surface area contributed by atoms with Gasteiger partial charge < -0.3 is 10.1 Å². The predicted octanol–water partition coefficient (Wildman–Crippen LogP) is 0.463. The molecule has 0 radical (unpaired) electrons. The first kappa shape index (κ1) is 14.2. The molecule has 0 aliphatic carbocycles. The highest BCUT2D eigenvalue weighted by atomic mass is 32.2. The van der Waals surface area contributed by atoms with Crippen molar-refractivity contribution in [2.24, 2.45) is 0 Å². The SMILES string of the molecule is CNC1CCN(S(=O)(=O)c2ccc(OC)nc2)CC1. The van der Waals surface area contributed by atoms with Crippen LogP contribution in [0.25, 0.3) is 0 Å². The molecule has 1 aliphatic rings. The quantitative estimate of drug-likeness (QED) is 0.870. The third kappa shape index (κ3) is 3.05. The topological polar surface area (TPSA) is 71.5 Å². The van der Waals surface area contributed by atoms with Gasteiger partial charge in [0.1, 0.15) is 4.90 Å². The number of nitrogens with zero attached hydrogens (tertiary/aromatic N) is 2. The molecule has 0 unspecified atom stereocenters. The van der Waals surface area contributed by atoms with Gasteiger partial charge in [-0.2, -0.15) is 4.31 Å². The van der Waals surface area contributed by atoms with Crippen LogP contribution >= 0.6 is 0 Å². The highest BCUT2D eigenvalue weighted by Crippen LogP contribution is 2.21. The van der Waals surface area contributed by atoms with Crippen molar-refractivity contribution in [3.05, 3.63) is 18.3 Å². The molecule has 0 atom stereocenters. The first-order chi connectivity index (χ1) is 9.07. The highest BCUT2D eigenvalue weighted by Gasteiger charge is 2.29. The third-order valence-corrected chi connectivity index (χ3v) is 5.30. The minimum absolute atomic E-state index is 0.219. The Labute approximate surface area is 113 Å². The number of piperidine rings is 1. The van der Waals surface area contributed by atoms with Crippen LogP contribution in [0.1, 0.15) is 12.8 Å². The van der Waals surface area contributed by atoms with Gasteiger partial charge in [0, 0.05) is 25.2 Å². The van der Waals surface area contributed by atoms with Crippen LogP contribution in [-0.2, 0) is 10.0 Å². The third-order valence-electron chi connectivity index (χ3n) is 3.42. The Balaban J connectivity index is 2.13. The second kappa shape index (κ2) is 5.85. The molecule has 1 aromatic heterocycles. The van der Waals surface area contributed by atoms with Crippen molar-refractivity contribution in [3.63, 3.8) is 0 Å². The molecule has 2 rings (SSSR count). The van der Waals surface area contributed by atoms with Crippen LogP contribution in [0.15, 0.2) is 23.2 Å². The Morgan fingerprint density at radius 3 is 2.53 bits per heavy atom. The van der Waals surface area contributed by atoms with E-state index in [1.807, 2.05) is 7.05 Å². The van der Waals surface area contributed by atoms with Gasteiger partial charge in [-0.05, 0) is 26.0 Å². The van der Waals surface area contributed by atoms with Gasteiger partial charge in [-0.25, -0.2) is 13.4 Å². The summed E-state index contributed by atoms with van der Waals surface area (Å²) in [5.74, 6) is 0.410. The van der Waals surface area contributed by atoms with E-state index in [0.717, 1.165) is 12.8 Å². The fourth-order valence-corrected chi connectivity index (χ4v) is 3.59. The first-order valence-corrected chi connectivity index (χ1v) is 7.69. The van der Waals surface area contributed by atoms with Gasteiger partial charge in [-0.15, -0.1) is 0 Å². The number of aromatic nitrogens is 1. The molecular weight excluding hydrogens is 266 g/mol. The van der Waals surface area contributed by atoms with E-state index in [2.05, 4.69) is 10.3 Å². The molecule has 1 saturated heterocycles. The van der Waals surface area contributed by atoms with Crippen molar-refractivity contribution < 1.29 is 13.2 Å². The van der Waals surface area contributed by atoms with Gasteiger partial charge in [0.05, 0.1) is 13.3 Å². The summed E-state index contributed by atoms with van der Waals surface area (Å²) in [6, 6.07) is 3.50. The fraction of sp³-hybridized carbons (Fsp3) is 0.583. The Hall–Kier alpha value is -1.18. The second-order valence-corrected chi connectivity index (χ2v) is 6.44. The summed E-state index contributed by atoms with van der Waals surface area (Å²) < 4.78 is 31.3. The van der Waals surface area contributed by atoms with Crippen LogP contribution in [0.5, 0.6) is 5.88 Å². The summed E-state index contributed by atoms with van der Waals surface area (Å²) in [5, 5.41) is 3.18. The first-order valence-electron chi connectivity index (χ1n) is 6.25. The van der Waals surface area contributed by atoms with Gasteiger partial charge in [0.2, 0.25) is 15.9 Å². The molecule has 0 aromatic carbocycles. The number of sulfonamides is 1. The van der Waals surface area contributed by atoms with Crippen molar-refractivity contribution in [1.29, 1.82) is 0 Å². The molecule has 7 heteroatoms. The van der Waals surface area contributed by atoms with E-state index in [0.29, 0.717) is 25.0 Å². The molecule has 1 N–H and O–H groups in total. The van der Waals surface area contributed by atoms with E-state index in [1.54, 1.807) is 6.07 Å². The zero-order chi connectivity index (χ0) is 13.9. The van der Waals surface area contributed by atoms with Gasteiger partial charge in [0.25, 0.3) is 0 Å². The smallest absolute Gasteiger partial charge is 0.244 e. The normalized spacial score (nSPS) is 18.4. The zero-order valence-electron chi connectivity index (χ0n) is 11.2. The summed E-state index contributed by atoms with van der Waals surface area (Å²) in [5.41, 5.74) is 0. The monoisotopic (exact) mass is 285 g/mol. The summed E-state index contributed by atoms with van der Waals surface area (Å²) in [7, 11) is -0.0271. The summed E-state index contributed by atoms with van der Waals surface area (Å²) in [6.07, 6.45) is 3.01. The van der Waals surface area contributed by atoms with Gasteiger partial charge in [-0.1, -0.05) is 0 Å². The van der Waals surface area contributed by atoms with Gasteiger partial charge >= 0.3 is 0 Å². The lowest BCUT2D eigenvalue weighted by atomic mass is 10.1. The average molecular weight is 285 g/mol. The number of ether oxygens (including phenoxy) is 1. The molecule has 19 heavy (non-hydrogen) atoms. The molecular formula is C12H19N3O3S. The largest absolute Gasteiger partial charge is 0.481 e.